The lowest BCUT2D eigenvalue weighted by Crippen LogP contribution is -2.47. The van der Waals surface area contributed by atoms with Gasteiger partial charge in [-0.3, -0.25) is 19.7 Å². The molecule has 1 aliphatic heterocycles. The molecular weight excluding hydrogens is 310 g/mol. The fourth-order valence-electron chi connectivity index (χ4n) is 2.19. The smallest absolute Gasteiger partial charge is 0.287 e. The summed E-state index contributed by atoms with van der Waals surface area (Å²) in [6.45, 7) is 9.17. The summed E-state index contributed by atoms with van der Waals surface area (Å²) in [7, 11) is 0. The third-order valence-corrected chi connectivity index (χ3v) is 3.48. The zero-order valence-electron chi connectivity index (χ0n) is 13.5. The van der Waals surface area contributed by atoms with Crippen LogP contribution in [0.1, 0.15) is 34.2 Å². The average Bonchev–Trinajstić information content (AvgIpc) is 2.97. The molecule has 0 unspecified atom stereocenters. The fourth-order valence-corrected chi connectivity index (χ4v) is 2.19. The maximum Gasteiger partial charge on any atom is 0.287 e. The summed E-state index contributed by atoms with van der Waals surface area (Å²) in [4.78, 5) is 16.3. The largest absolute Gasteiger partial charge is 0.419 e. The molecule has 1 fully saturated rings. The average molecular weight is 335 g/mol. The number of hydrogen-bond acceptors (Lipinski definition) is 6. The highest BCUT2D eigenvalue weighted by molar-refractivity contribution is 5.30. The number of nitro groups is 1. The monoisotopic (exact) mass is 335 g/mol. The van der Waals surface area contributed by atoms with Crippen LogP contribution < -0.4 is 4.74 Å². The second-order valence-corrected chi connectivity index (χ2v) is 4.85. The first-order chi connectivity index (χ1) is 11.2. The van der Waals surface area contributed by atoms with Crippen LogP contribution in [0.5, 0.6) is 11.8 Å². The standard InChI is InChI=1S/C13H15N5O3.C2H6.CH4/c1-2-16-8-11(9-16)17-6-5-13(15-17)21-12-4-3-10(7-14-12)18(19)20;1-2;/h3-7,11H,2,8-9H2,1H3;1-2H3;1H4. The van der Waals surface area contributed by atoms with Gasteiger partial charge in [-0.25, -0.2) is 4.98 Å². The number of nitrogens with zero attached hydrogens (tertiary/aromatic N) is 5. The topological polar surface area (TPSA) is 86.3 Å². The SMILES string of the molecule is C.CC.CCN1CC(n2ccc(Oc3ccc([N+](=O)[O-])cn3)n2)C1. The van der Waals surface area contributed by atoms with E-state index in [1.165, 1.54) is 12.1 Å². The Kier molecular flexibility index (Phi) is 7.31. The summed E-state index contributed by atoms with van der Waals surface area (Å²) in [5, 5.41) is 14.9. The van der Waals surface area contributed by atoms with Crippen LogP contribution in [0.25, 0.3) is 0 Å². The van der Waals surface area contributed by atoms with Crippen molar-refractivity contribution in [3.05, 3.63) is 40.7 Å². The van der Waals surface area contributed by atoms with Crippen molar-refractivity contribution in [3.63, 3.8) is 0 Å². The van der Waals surface area contributed by atoms with Gasteiger partial charge in [0, 0.05) is 37.5 Å². The highest BCUT2D eigenvalue weighted by Crippen LogP contribution is 2.24. The van der Waals surface area contributed by atoms with Gasteiger partial charge in [-0.15, -0.1) is 5.10 Å². The van der Waals surface area contributed by atoms with Gasteiger partial charge in [0.05, 0.1) is 11.0 Å². The van der Waals surface area contributed by atoms with Crippen LogP contribution in [0.2, 0.25) is 0 Å². The summed E-state index contributed by atoms with van der Waals surface area (Å²) in [6.07, 6.45) is 3.04. The highest BCUT2D eigenvalue weighted by Gasteiger charge is 2.27. The Morgan fingerprint density at radius 2 is 2.00 bits per heavy atom. The van der Waals surface area contributed by atoms with Crippen LogP contribution in [0, 0.1) is 10.1 Å². The number of hydrogen-bond donors (Lipinski definition) is 0. The Morgan fingerprint density at radius 3 is 2.54 bits per heavy atom. The third-order valence-electron chi connectivity index (χ3n) is 3.48. The van der Waals surface area contributed by atoms with E-state index in [9.17, 15) is 10.1 Å². The van der Waals surface area contributed by atoms with Crippen molar-refractivity contribution in [1.82, 2.24) is 19.7 Å². The summed E-state index contributed by atoms with van der Waals surface area (Å²) < 4.78 is 7.37. The number of rotatable bonds is 5. The van der Waals surface area contributed by atoms with E-state index >= 15 is 0 Å². The molecule has 1 aliphatic rings. The van der Waals surface area contributed by atoms with E-state index in [1.807, 2.05) is 24.7 Å². The second-order valence-electron chi connectivity index (χ2n) is 4.85. The van der Waals surface area contributed by atoms with Gasteiger partial charge in [0.25, 0.3) is 5.69 Å². The van der Waals surface area contributed by atoms with Gasteiger partial charge in [-0.05, 0) is 6.54 Å². The lowest BCUT2D eigenvalue weighted by molar-refractivity contribution is -0.385. The van der Waals surface area contributed by atoms with Gasteiger partial charge < -0.3 is 4.74 Å². The van der Waals surface area contributed by atoms with Crippen LogP contribution in [0.4, 0.5) is 5.69 Å². The molecule has 2 aromatic heterocycles. The number of aromatic nitrogens is 3. The second kappa shape index (κ2) is 8.97. The highest BCUT2D eigenvalue weighted by atomic mass is 16.6. The van der Waals surface area contributed by atoms with E-state index in [4.69, 9.17) is 4.74 Å². The molecule has 0 aliphatic carbocycles. The lowest BCUT2D eigenvalue weighted by Gasteiger charge is -2.38. The van der Waals surface area contributed by atoms with E-state index in [0.717, 1.165) is 25.8 Å². The fraction of sp³-hybridized carbons (Fsp3) is 0.500. The normalized spacial score (nSPS) is 14.0. The maximum absolute atomic E-state index is 10.5. The van der Waals surface area contributed by atoms with Crippen molar-refractivity contribution < 1.29 is 9.66 Å². The minimum Gasteiger partial charge on any atom is -0.419 e. The van der Waals surface area contributed by atoms with E-state index < -0.39 is 4.92 Å². The van der Waals surface area contributed by atoms with Gasteiger partial charge in [0.1, 0.15) is 6.20 Å². The number of likely N-dealkylation sites (tertiary alicyclic amines) is 1. The molecule has 8 heteroatoms. The number of likely N-dealkylation sites (N-methyl/N-ethyl adjacent to an activating group) is 1. The van der Waals surface area contributed by atoms with Gasteiger partial charge in [0.15, 0.2) is 0 Å². The molecule has 8 nitrogen and oxygen atoms in total. The Bertz CT molecular complexity index is 635. The van der Waals surface area contributed by atoms with Crippen molar-refractivity contribution in [1.29, 1.82) is 0 Å². The van der Waals surface area contributed by atoms with Crippen LogP contribution in [0.15, 0.2) is 30.6 Å². The van der Waals surface area contributed by atoms with Crippen molar-refractivity contribution >= 4 is 5.69 Å². The molecule has 0 amide bonds. The van der Waals surface area contributed by atoms with Crippen molar-refractivity contribution in [3.8, 4) is 11.8 Å². The molecule has 0 atom stereocenters. The summed E-state index contributed by atoms with van der Waals surface area (Å²) in [5.74, 6) is 0.723. The maximum atomic E-state index is 10.5. The third kappa shape index (κ3) is 4.51. The van der Waals surface area contributed by atoms with Gasteiger partial charge >= 0.3 is 0 Å². The minimum atomic E-state index is -0.498. The Labute approximate surface area is 142 Å². The molecule has 132 valence electrons. The zero-order valence-corrected chi connectivity index (χ0v) is 13.5. The predicted molar refractivity (Wildman–Crippen MR) is 92.4 cm³/mol. The molecule has 3 heterocycles. The van der Waals surface area contributed by atoms with E-state index in [0.29, 0.717) is 11.9 Å². The zero-order chi connectivity index (χ0) is 16.8. The molecule has 0 aromatic carbocycles. The number of ether oxygens (including phenoxy) is 1. The molecule has 0 N–H and O–H groups in total. The van der Waals surface area contributed by atoms with Crippen molar-refractivity contribution in [2.24, 2.45) is 0 Å². The molecular formula is C16H25N5O3. The van der Waals surface area contributed by atoms with Crippen molar-refractivity contribution in [2.75, 3.05) is 19.6 Å². The summed E-state index contributed by atoms with van der Waals surface area (Å²) >= 11 is 0. The molecule has 3 rings (SSSR count). The summed E-state index contributed by atoms with van der Waals surface area (Å²) in [5.41, 5.74) is -0.0676. The van der Waals surface area contributed by atoms with E-state index in [1.54, 1.807) is 6.07 Å². The molecule has 2 aromatic rings. The van der Waals surface area contributed by atoms with E-state index in [2.05, 4.69) is 21.9 Å². The molecule has 0 radical (unpaired) electrons. The molecule has 1 saturated heterocycles. The molecule has 0 bridgehead atoms. The Hall–Kier alpha value is -2.48. The van der Waals surface area contributed by atoms with Crippen LogP contribution in [-0.4, -0.2) is 44.2 Å². The lowest BCUT2D eigenvalue weighted by atomic mass is 10.1. The first-order valence-electron chi connectivity index (χ1n) is 7.71. The number of pyridine rings is 1. The van der Waals surface area contributed by atoms with Crippen LogP contribution >= 0.6 is 0 Å². The molecule has 24 heavy (non-hydrogen) atoms. The molecule has 0 spiro atoms. The van der Waals surface area contributed by atoms with Crippen LogP contribution in [-0.2, 0) is 0 Å². The quantitative estimate of drug-likeness (QED) is 0.614. The summed E-state index contributed by atoms with van der Waals surface area (Å²) in [6, 6.07) is 4.95. The van der Waals surface area contributed by atoms with Gasteiger partial charge in [-0.1, -0.05) is 28.2 Å². The minimum absolute atomic E-state index is 0. The van der Waals surface area contributed by atoms with E-state index in [-0.39, 0.29) is 19.0 Å². The van der Waals surface area contributed by atoms with Crippen LogP contribution in [0.3, 0.4) is 0 Å². The van der Waals surface area contributed by atoms with Gasteiger partial charge in [0.2, 0.25) is 11.8 Å². The van der Waals surface area contributed by atoms with Crippen molar-refractivity contribution in [2.45, 2.75) is 34.2 Å². The Morgan fingerprint density at radius 1 is 1.29 bits per heavy atom. The first kappa shape index (κ1) is 19.6. The molecule has 0 saturated carbocycles. The predicted octanol–water partition coefficient (Wildman–Crippen LogP) is 3.52. The van der Waals surface area contributed by atoms with Gasteiger partial charge in [-0.2, -0.15) is 0 Å². The Balaban J connectivity index is 0.000000925. The first-order valence-corrected chi connectivity index (χ1v) is 7.71.